The maximum absolute atomic E-state index is 5.87. The summed E-state index contributed by atoms with van der Waals surface area (Å²) in [4.78, 5) is 4.63. The van der Waals surface area contributed by atoms with Gasteiger partial charge in [-0.3, -0.25) is 4.98 Å². The van der Waals surface area contributed by atoms with Crippen molar-refractivity contribution >= 4 is 6.08 Å². The molecule has 0 aliphatic rings. The van der Waals surface area contributed by atoms with Crippen molar-refractivity contribution in [1.82, 2.24) is 4.98 Å². The molecule has 0 aliphatic heterocycles. The van der Waals surface area contributed by atoms with Gasteiger partial charge in [-0.1, -0.05) is 86.5 Å². The van der Waals surface area contributed by atoms with Gasteiger partial charge < -0.3 is 4.74 Å². The highest BCUT2D eigenvalue weighted by Gasteiger charge is 2.03. The van der Waals surface area contributed by atoms with Crippen LogP contribution in [0, 0.1) is 0 Å². The van der Waals surface area contributed by atoms with E-state index in [0.717, 1.165) is 43.5 Å². The first kappa shape index (κ1) is 25.6. The Morgan fingerprint density at radius 1 is 0.853 bits per heavy atom. The average Bonchev–Trinajstić information content (AvgIpc) is 2.88. The smallest absolute Gasteiger partial charge is 0.0626 e. The van der Waals surface area contributed by atoms with Gasteiger partial charge in [0.2, 0.25) is 0 Å². The summed E-state index contributed by atoms with van der Waals surface area (Å²) in [6, 6.07) is 21.6. The molecule has 0 spiro atoms. The third-order valence-electron chi connectivity index (χ3n) is 6.09. The molecule has 0 saturated carbocycles. The minimum atomic E-state index is 0.352. The molecule has 1 aromatic heterocycles. The molecule has 0 fully saturated rings. The lowest BCUT2D eigenvalue weighted by Crippen LogP contribution is -2.08. The highest BCUT2D eigenvalue weighted by molar-refractivity contribution is 5.70. The van der Waals surface area contributed by atoms with Gasteiger partial charge in [-0.25, -0.2) is 0 Å². The Balaban J connectivity index is 1.46. The number of aromatic nitrogens is 1. The quantitative estimate of drug-likeness (QED) is 0.179. The van der Waals surface area contributed by atoms with Gasteiger partial charge in [0.25, 0.3) is 0 Å². The normalized spacial score (nSPS) is 12.2. The summed E-state index contributed by atoms with van der Waals surface area (Å²) in [5.74, 6) is 0. The van der Waals surface area contributed by atoms with Crippen LogP contribution in [-0.4, -0.2) is 17.7 Å². The third kappa shape index (κ3) is 8.43. The number of ether oxygens (including phenoxy) is 1. The van der Waals surface area contributed by atoms with Crippen LogP contribution in [0.1, 0.15) is 63.6 Å². The van der Waals surface area contributed by atoms with E-state index < -0.39 is 0 Å². The summed E-state index contributed by atoms with van der Waals surface area (Å²) in [7, 11) is 0. The van der Waals surface area contributed by atoms with Crippen molar-refractivity contribution in [2.75, 3.05) is 6.61 Å². The molecule has 1 atom stereocenters. The van der Waals surface area contributed by atoms with Gasteiger partial charge in [-0.05, 0) is 73.4 Å². The lowest BCUT2D eigenvalue weighted by molar-refractivity contribution is 0.0566. The lowest BCUT2D eigenvalue weighted by atomic mass is 10.00. The summed E-state index contributed by atoms with van der Waals surface area (Å²) in [5.41, 5.74) is 7.07. The van der Waals surface area contributed by atoms with Crippen LogP contribution in [0.3, 0.4) is 0 Å². The van der Waals surface area contributed by atoms with Crippen LogP contribution in [0.2, 0.25) is 0 Å². The van der Waals surface area contributed by atoms with Crippen LogP contribution >= 0.6 is 0 Å². The first-order valence-electron chi connectivity index (χ1n) is 12.7. The Labute approximate surface area is 206 Å². The van der Waals surface area contributed by atoms with E-state index in [1.165, 1.54) is 41.5 Å². The molecule has 3 aromatic rings. The molecule has 0 radical (unpaired) electrons. The van der Waals surface area contributed by atoms with Crippen LogP contribution in [0.15, 0.2) is 85.6 Å². The number of nitrogens with zero attached hydrogens (tertiary/aromatic N) is 1. The predicted octanol–water partition coefficient (Wildman–Crippen LogP) is 8.92. The minimum Gasteiger partial charge on any atom is -0.379 e. The van der Waals surface area contributed by atoms with Crippen LogP contribution in [0.25, 0.3) is 28.3 Å². The Hall–Kier alpha value is -2.97. The molecule has 2 nitrogen and oxygen atoms in total. The lowest BCUT2D eigenvalue weighted by Gasteiger charge is -2.11. The first-order valence-corrected chi connectivity index (χ1v) is 12.7. The fourth-order valence-corrected chi connectivity index (χ4v) is 3.98. The van der Waals surface area contributed by atoms with Crippen molar-refractivity contribution in [2.45, 2.75) is 64.9 Å². The molecule has 0 amide bonds. The van der Waals surface area contributed by atoms with Crippen LogP contribution in [0.5, 0.6) is 0 Å². The van der Waals surface area contributed by atoms with E-state index in [0.29, 0.717) is 6.10 Å². The van der Waals surface area contributed by atoms with E-state index in [1.54, 1.807) is 0 Å². The summed E-state index contributed by atoms with van der Waals surface area (Å²) >= 11 is 0. The Morgan fingerprint density at radius 3 is 2.12 bits per heavy atom. The number of benzene rings is 2. The van der Waals surface area contributed by atoms with Crippen molar-refractivity contribution in [1.29, 1.82) is 0 Å². The van der Waals surface area contributed by atoms with Gasteiger partial charge in [0.15, 0.2) is 0 Å². The summed E-state index contributed by atoms with van der Waals surface area (Å²) in [5, 5.41) is 0. The molecule has 34 heavy (non-hydrogen) atoms. The highest BCUT2D eigenvalue weighted by Crippen LogP contribution is 2.25. The number of unbranched alkanes of at least 4 members (excludes halogenated alkanes) is 3. The van der Waals surface area contributed by atoms with Crippen molar-refractivity contribution in [2.24, 2.45) is 0 Å². The van der Waals surface area contributed by atoms with Gasteiger partial charge in [0.05, 0.1) is 11.8 Å². The monoisotopic (exact) mass is 453 g/mol. The molecule has 178 valence electrons. The van der Waals surface area contributed by atoms with Crippen molar-refractivity contribution < 1.29 is 4.74 Å². The molecule has 1 unspecified atom stereocenters. The third-order valence-corrected chi connectivity index (χ3v) is 6.09. The molecule has 0 aliphatic carbocycles. The van der Waals surface area contributed by atoms with Crippen LogP contribution < -0.4 is 0 Å². The van der Waals surface area contributed by atoms with Crippen molar-refractivity contribution in [3.63, 3.8) is 0 Å². The molecular weight excluding hydrogens is 414 g/mol. The molecule has 1 heterocycles. The number of rotatable bonds is 14. The van der Waals surface area contributed by atoms with Crippen LogP contribution in [0.4, 0.5) is 0 Å². The molecule has 0 saturated heterocycles. The number of pyridine rings is 1. The zero-order valence-electron chi connectivity index (χ0n) is 20.9. The predicted molar refractivity (Wildman–Crippen MR) is 147 cm³/mol. The van der Waals surface area contributed by atoms with Gasteiger partial charge in [0, 0.05) is 18.4 Å². The Kier molecular flexibility index (Phi) is 10.8. The maximum atomic E-state index is 5.87. The standard InChI is InChI=1S/C32H39NO/c1-4-6-10-24-34-26(3)12-8-7-9-13-32-23-22-31(25-33-32)30-20-18-29(19-21-30)28-16-14-27(11-5-2)15-17-28/h5,9,13-23,25-26H,2,4,6-8,10-12,24H2,1,3H3/b13-9+. The first-order chi connectivity index (χ1) is 16.7. The number of hydrogen-bond donors (Lipinski definition) is 0. The largest absolute Gasteiger partial charge is 0.379 e. The van der Waals surface area contributed by atoms with Gasteiger partial charge in [-0.15, -0.1) is 6.58 Å². The SMILES string of the molecule is C=CCc1ccc(-c2ccc(-c3ccc(/C=C/CCCC(C)OCCCCC)nc3)cc2)cc1. The highest BCUT2D eigenvalue weighted by atomic mass is 16.5. The van der Waals surface area contributed by atoms with E-state index in [1.807, 2.05) is 12.3 Å². The zero-order chi connectivity index (χ0) is 24.0. The molecule has 2 heteroatoms. The second-order valence-electron chi connectivity index (χ2n) is 8.96. The van der Waals surface area contributed by atoms with Crippen LogP contribution in [-0.2, 0) is 11.2 Å². The fraction of sp³-hybridized carbons (Fsp3) is 0.344. The molecular formula is C32H39NO. The Bertz CT molecular complexity index is 1000. The zero-order valence-corrected chi connectivity index (χ0v) is 20.9. The maximum Gasteiger partial charge on any atom is 0.0626 e. The molecule has 0 bridgehead atoms. The topological polar surface area (TPSA) is 22.1 Å². The van der Waals surface area contributed by atoms with Crippen molar-refractivity contribution in [3.05, 3.63) is 96.8 Å². The van der Waals surface area contributed by atoms with Gasteiger partial charge in [0.1, 0.15) is 0 Å². The molecule has 3 rings (SSSR count). The summed E-state index contributed by atoms with van der Waals surface area (Å²) < 4.78 is 5.87. The second kappa shape index (κ2) is 14.3. The van der Waals surface area contributed by atoms with Crippen molar-refractivity contribution in [3.8, 4) is 22.3 Å². The average molecular weight is 454 g/mol. The number of allylic oxidation sites excluding steroid dienone is 2. The Morgan fingerprint density at radius 2 is 1.50 bits per heavy atom. The van der Waals surface area contributed by atoms with Gasteiger partial charge in [-0.2, -0.15) is 0 Å². The van der Waals surface area contributed by atoms with E-state index in [-0.39, 0.29) is 0 Å². The summed E-state index contributed by atoms with van der Waals surface area (Å²) in [6.07, 6.45) is 16.5. The number of hydrogen-bond acceptors (Lipinski definition) is 2. The van der Waals surface area contributed by atoms with E-state index in [2.05, 4.69) is 98.2 Å². The van der Waals surface area contributed by atoms with E-state index >= 15 is 0 Å². The second-order valence-corrected chi connectivity index (χ2v) is 8.96. The minimum absolute atomic E-state index is 0.352. The molecule has 2 aromatic carbocycles. The van der Waals surface area contributed by atoms with Gasteiger partial charge >= 0.3 is 0 Å². The molecule has 0 N–H and O–H groups in total. The van der Waals surface area contributed by atoms with E-state index in [4.69, 9.17) is 4.74 Å². The fourth-order valence-electron chi connectivity index (χ4n) is 3.98. The summed E-state index contributed by atoms with van der Waals surface area (Å²) in [6.45, 7) is 9.11. The van der Waals surface area contributed by atoms with E-state index in [9.17, 15) is 0 Å².